The molecule has 0 aliphatic rings. The number of rotatable bonds is 5. The molecule has 0 saturated carbocycles. The largest absolute Gasteiger partial charge is 0.359 e. The van der Waals surface area contributed by atoms with Crippen molar-refractivity contribution in [3.63, 3.8) is 0 Å². The quantitative estimate of drug-likeness (QED) is 0.593. The van der Waals surface area contributed by atoms with Gasteiger partial charge in [0.25, 0.3) is 0 Å². The van der Waals surface area contributed by atoms with Gasteiger partial charge in [0.15, 0.2) is 0 Å². The van der Waals surface area contributed by atoms with Crippen LogP contribution < -0.4 is 5.32 Å². The SMILES string of the molecule is CCCN=CCCC(=O)NC. The van der Waals surface area contributed by atoms with Gasteiger partial charge < -0.3 is 5.32 Å². The summed E-state index contributed by atoms with van der Waals surface area (Å²) in [7, 11) is 1.64. The number of carbonyl (C=O) groups excluding carboxylic acids is 1. The van der Waals surface area contributed by atoms with E-state index in [4.69, 9.17) is 0 Å². The number of hydrogen-bond acceptors (Lipinski definition) is 2. The van der Waals surface area contributed by atoms with Crippen LogP contribution in [0.5, 0.6) is 0 Å². The lowest BCUT2D eigenvalue weighted by Gasteiger charge is -1.93. The fourth-order valence-electron chi connectivity index (χ4n) is 0.632. The van der Waals surface area contributed by atoms with Gasteiger partial charge in [-0.05, 0) is 19.1 Å². The van der Waals surface area contributed by atoms with Gasteiger partial charge in [-0.2, -0.15) is 0 Å². The van der Waals surface area contributed by atoms with E-state index in [1.54, 1.807) is 7.05 Å². The van der Waals surface area contributed by atoms with Crippen molar-refractivity contribution in [2.75, 3.05) is 13.6 Å². The number of carbonyl (C=O) groups is 1. The molecule has 0 radical (unpaired) electrons. The molecule has 0 aromatic heterocycles. The second kappa shape index (κ2) is 7.25. The molecule has 0 aromatic carbocycles. The standard InChI is InChI=1S/C8H16N2O/c1-3-6-10-7-4-5-8(11)9-2/h7H,3-6H2,1-2H3,(H,9,11). The molecule has 0 atom stereocenters. The van der Waals surface area contributed by atoms with E-state index in [1.165, 1.54) is 0 Å². The first-order valence-corrected chi connectivity index (χ1v) is 4.00. The molecule has 0 rings (SSSR count). The van der Waals surface area contributed by atoms with Gasteiger partial charge in [-0.1, -0.05) is 6.92 Å². The average Bonchev–Trinajstić information content (AvgIpc) is 2.04. The number of amides is 1. The zero-order chi connectivity index (χ0) is 8.53. The van der Waals surface area contributed by atoms with E-state index in [0.29, 0.717) is 6.42 Å². The highest BCUT2D eigenvalue weighted by Crippen LogP contribution is 1.85. The van der Waals surface area contributed by atoms with Gasteiger partial charge in [-0.3, -0.25) is 9.79 Å². The second-order valence-electron chi connectivity index (χ2n) is 2.30. The van der Waals surface area contributed by atoms with Crippen molar-refractivity contribution in [2.45, 2.75) is 26.2 Å². The van der Waals surface area contributed by atoms with Gasteiger partial charge in [-0.15, -0.1) is 0 Å². The van der Waals surface area contributed by atoms with E-state index in [9.17, 15) is 4.79 Å². The summed E-state index contributed by atoms with van der Waals surface area (Å²) in [5, 5.41) is 2.56. The van der Waals surface area contributed by atoms with Crippen molar-refractivity contribution in [3.05, 3.63) is 0 Å². The predicted molar refractivity (Wildman–Crippen MR) is 47.0 cm³/mol. The van der Waals surface area contributed by atoms with E-state index in [2.05, 4.69) is 17.2 Å². The summed E-state index contributed by atoms with van der Waals surface area (Å²) >= 11 is 0. The van der Waals surface area contributed by atoms with Crippen LogP contribution in [0.1, 0.15) is 26.2 Å². The molecule has 0 fully saturated rings. The van der Waals surface area contributed by atoms with Gasteiger partial charge in [0.05, 0.1) is 0 Å². The fraction of sp³-hybridized carbons (Fsp3) is 0.750. The van der Waals surface area contributed by atoms with Gasteiger partial charge in [0.2, 0.25) is 5.91 Å². The van der Waals surface area contributed by atoms with Crippen LogP contribution in [0, 0.1) is 0 Å². The molecular weight excluding hydrogens is 140 g/mol. The summed E-state index contributed by atoms with van der Waals surface area (Å²) in [6, 6.07) is 0. The van der Waals surface area contributed by atoms with Gasteiger partial charge in [-0.25, -0.2) is 0 Å². The number of hydrogen-bond donors (Lipinski definition) is 1. The van der Waals surface area contributed by atoms with Crippen LogP contribution in [-0.2, 0) is 4.79 Å². The molecule has 0 heterocycles. The first-order valence-electron chi connectivity index (χ1n) is 4.00. The average molecular weight is 156 g/mol. The lowest BCUT2D eigenvalue weighted by atomic mass is 10.3. The number of aliphatic imine (C=N–C) groups is 1. The van der Waals surface area contributed by atoms with Crippen LogP contribution >= 0.6 is 0 Å². The molecule has 0 saturated heterocycles. The Bertz CT molecular complexity index is 132. The van der Waals surface area contributed by atoms with E-state index < -0.39 is 0 Å². The van der Waals surface area contributed by atoms with Gasteiger partial charge >= 0.3 is 0 Å². The lowest BCUT2D eigenvalue weighted by Crippen LogP contribution is -2.17. The highest BCUT2D eigenvalue weighted by molar-refractivity contribution is 5.78. The number of nitrogens with one attached hydrogen (secondary N) is 1. The summed E-state index contributed by atoms with van der Waals surface area (Å²) in [6.45, 7) is 2.95. The van der Waals surface area contributed by atoms with Crippen molar-refractivity contribution in [1.82, 2.24) is 5.32 Å². The zero-order valence-electron chi connectivity index (χ0n) is 7.26. The van der Waals surface area contributed by atoms with Gasteiger partial charge in [0, 0.05) is 20.0 Å². The number of nitrogens with zero attached hydrogens (tertiary/aromatic N) is 1. The van der Waals surface area contributed by atoms with Crippen LogP contribution in [0.4, 0.5) is 0 Å². The van der Waals surface area contributed by atoms with Crippen LogP contribution in [-0.4, -0.2) is 25.7 Å². The molecule has 0 unspecified atom stereocenters. The molecule has 3 nitrogen and oxygen atoms in total. The molecule has 1 amide bonds. The Hall–Kier alpha value is -0.860. The van der Waals surface area contributed by atoms with Crippen LogP contribution in [0.15, 0.2) is 4.99 Å². The van der Waals surface area contributed by atoms with Crippen molar-refractivity contribution in [2.24, 2.45) is 4.99 Å². The Labute approximate surface area is 67.9 Å². The summed E-state index contributed by atoms with van der Waals surface area (Å²) in [5.74, 6) is 0.0768. The van der Waals surface area contributed by atoms with E-state index in [1.807, 2.05) is 6.21 Å². The highest BCUT2D eigenvalue weighted by atomic mass is 16.1. The molecule has 0 bridgehead atoms. The van der Waals surface area contributed by atoms with E-state index in [0.717, 1.165) is 19.4 Å². The normalized spacial score (nSPS) is 10.4. The Morgan fingerprint density at radius 2 is 2.36 bits per heavy atom. The summed E-state index contributed by atoms with van der Waals surface area (Å²) in [6.07, 6.45) is 4.18. The molecule has 11 heavy (non-hydrogen) atoms. The molecule has 0 aliphatic carbocycles. The maximum absolute atomic E-state index is 10.7. The first kappa shape index (κ1) is 10.1. The smallest absolute Gasteiger partial charge is 0.220 e. The molecule has 0 aromatic rings. The van der Waals surface area contributed by atoms with Crippen molar-refractivity contribution in [3.8, 4) is 0 Å². The van der Waals surface area contributed by atoms with E-state index in [-0.39, 0.29) is 5.91 Å². The highest BCUT2D eigenvalue weighted by Gasteiger charge is 1.92. The zero-order valence-corrected chi connectivity index (χ0v) is 7.26. The summed E-state index contributed by atoms with van der Waals surface area (Å²) < 4.78 is 0. The minimum atomic E-state index is 0.0768. The molecule has 0 aliphatic heterocycles. The minimum Gasteiger partial charge on any atom is -0.359 e. The maximum atomic E-state index is 10.7. The van der Waals surface area contributed by atoms with E-state index >= 15 is 0 Å². The van der Waals surface area contributed by atoms with Gasteiger partial charge in [0.1, 0.15) is 0 Å². The van der Waals surface area contributed by atoms with Crippen LogP contribution in [0.3, 0.4) is 0 Å². The van der Waals surface area contributed by atoms with Crippen molar-refractivity contribution < 1.29 is 4.79 Å². The topological polar surface area (TPSA) is 41.5 Å². The third-order valence-corrected chi connectivity index (χ3v) is 1.26. The van der Waals surface area contributed by atoms with Crippen LogP contribution in [0.2, 0.25) is 0 Å². The lowest BCUT2D eigenvalue weighted by molar-refractivity contribution is -0.120. The molecule has 1 N–H and O–H groups in total. The Kier molecular flexibility index (Phi) is 6.68. The predicted octanol–water partition coefficient (Wildman–Crippen LogP) is 0.993. The molecular formula is C8H16N2O. The Morgan fingerprint density at radius 3 is 2.91 bits per heavy atom. The molecule has 3 heteroatoms. The van der Waals surface area contributed by atoms with Crippen molar-refractivity contribution in [1.29, 1.82) is 0 Å². The third kappa shape index (κ3) is 7.03. The Balaban J connectivity index is 3.19. The minimum absolute atomic E-state index is 0.0768. The molecule has 64 valence electrons. The van der Waals surface area contributed by atoms with Crippen molar-refractivity contribution >= 4 is 12.1 Å². The summed E-state index contributed by atoms with van der Waals surface area (Å²) in [5.41, 5.74) is 0. The third-order valence-electron chi connectivity index (χ3n) is 1.26. The molecule has 0 spiro atoms. The first-order chi connectivity index (χ1) is 5.31. The second-order valence-corrected chi connectivity index (χ2v) is 2.30. The monoisotopic (exact) mass is 156 g/mol. The summed E-state index contributed by atoms with van der Waals surface area (Å²) in [4.78, 5) is 14.8. The maximum Gasteiger partial charge on any atom is 0.220 e. The van der Waals surface area contributed by atoms with Crippen LogP contribution in [0.25, 0.3) is 0 Å². The fourth-order valence-corrected chi connectivity index (χ4v) is 0.632. The Morgan fingerprint density at radius 1 is 1.64 bits per heavy atom.